The fourth-order valence-electron chi connectivity index (χ4n) is 9.88. The van der Waals surface area contributed by atoms with E-state index in [9.17, 15) is 0 Å². The van der Waals surface area contributed by atoms with E-state index in [0.717, 1.165) is 58.8 Å². The lowest BCUT2D eigenvalue weighted by molar-refractivity contribution is 0.666. The Balaban J connectivity index is 0.000000130. The molecule has 0 fully saturated rings. The van der Waals surface area contributed by atoms with E-state index < -0.39 is 0 Å². The van der Waals surface area contributed by atoms with E-state index in [1.165, 1.54) is 65.9 Å². The van der Waals surface area contributed by atoms with Gasteiger partial charge in [-0.1, -0.05) is 146 Å². The number of furan rings is 2. The molecule has 0 radical (unpaired) electrons. The molecule has 306 valence electrons. The molecule has 0 saturated carbocycles. The topological polar surface area (TPSA) is 36.1 Å². The average molecular weight is 945 g/mol. The molecule has 65 heavy (non-hydrogen) atoms. The molecule has 0 aliphatic carbocycles. The molecule has 0 saturated heterocycles. The SMILES string of the molecule is Ic1cc(-n2c3ccccc3c3cc(-c4ccccc4)ccc32)cc2c1oc1ccccc12.c1ccc(-c2ccc3c(c2)c2ccccc2n3-c2ccc3oc4ccccc4c3c2)cc1. The largest absolute Gasteiger partial charge is 0.456 e. The zero-order valence-electron chi connectivity index (χ0n) is 35.0. The van der Waals surface area contributed by atoms with Gasteiger partial charge in [0.25, 0.3) is 0 Å². The average Bonchev–Trinajstić information content (AvgIpc) is 4.12. The second kappa shape index (κ2) is 15.1. The maximum Gasteiger partial charge on any atom is 0.148 e. The van der Waals surface area contributed by atoms with Crippen LogP contribution < -0.4 is 0 Å². The summed E-state index contributed by atoms with van der Waals surface area (Å²) in [5.41, 5.74) is 15.8. The highest BCUT2D eigenvalue weighted by atomic mass is 127. The van der Waals surface area contributed by atoms with Gasteiger partial charge in [0, 0.05) is 54.5 Å². The summed E-state index contributed by atoms with van der Waals surface area (Å²) in [4.78, 5) is 0. The standard InChI is InChI=1S/C30H18INO.C30H19NO/c31-26-18-21(17-25-23-11-5-7-13-29(23)33-30(25)26)32-27-12-6-4-10-22(27)24-16-20(14-15-28(24)32)19-8-2-1-3-9-19;1-2-8-20(9-3-1)21-14-16-28-25(18-21)23-10-4-6-12-27(23)31(28)22-15-17-30-26(19-22)24-11-5-7-13-29(24)32-30/h1-18H;1-19H. The highest BCUT2D eigenvalue weighted by Gasteiger charge is 2.18. The predicted molar refractivity (Wildman–Crippen MR) is 280 cm³/mol. The maximum absolute atomic E-state index is 6.18. The highest BCUT2D eigenvalue weighted by Crippen LogP contribution is 2.40. The summed E-state index contributed by atoms with van der Waals surface area (Å²) in [6.07, 6.45) is 0. The van der Waals surface area contributed by atoms with E-state index in [0.29, 0.717) is 0 Å². The number of aromatic nitrogens is 2. The Kier molecular flexibility index (Phi) is 8.78. The predicted octanol–water partition coefficient (Wildman–Crippen LogP) is 17.3. The van der Waals surface area contributed by atoms with Crippen molar-refractivity contribution in [3.05, 3.63) is 228 Å². The van der Waals surface area contributed by atoms with Crippen molar-refractivity contribution < 1.29 is 8.83 Å². The molecule has 14 rings (SSSR count). The van der Waals surface area contributed by atoms with Gasteiger partial charge in [0.1, 0.15) is 22.3 Å². The highest BCUT2D eigenvalue weighted by molar-refractivity contribution is 14.1. The Morgan fingerprint density at radius 1 is 0.277 bits per heavy atom. The second-order valence-corrected chi connectivity index (χ2v) is 17.7. The molecule has 0 unspecified atom stereocenters. The lowest BCUT2D eigenvalue weighted by Gasteiger charge is -2.10. The smallest absolute Gasteiger partial charge is 0.148 e. The number of hydrogen-bond donors (Lipinski definition) is 0. The van der Waals surface area contributed by atoms with Crippen molar-refractivity contribution in [1.29, 1.82) is 0 Å². The van der Waals surface area contributed by atoms with Gasteiger partial charge in [0.05, 0.1) is 25.6 Å². The number of nitrogens with zero attached hydrogens (tertiary/aromatic N) is 2. The van der Waals surface area contributed by atoms with Crippen LogP contribution in [-0.4, -0.2) is 9.13 Å². The number of halogens is 1. The quantitative estimate of drug-likeness (QED) is 0.165. The minimum atomic E-state index is 0.919. The first-order valence-electron chi connectivity index (χ1n) is 21.8. The first-order valence-corrected chi connectivity index (χ1v) is 22.9. The lowest BCUT2D eigenvalue weighted by atomic mass is 10.0. The molecule has 0 aliphatic rings. The van der Waals surface area contributed by atoms with Gasteiger partial charge >= 0.3 is 0 Å². The first-order chi connectivity index (χ1) is 32.1. The van der Waals surface area contributed by atoms with Gasteiger partial charge in [0.2, 0.25) is 0 Å². The van der Waals surface area contributed by atoms with Crippen molar-refractivity contribution >= 4 is 110 Å². The van der Waals surface area contributed by atoms with Gasteiger partial charge in [-0.05, 0) is 124 Å². The third-order valence-corrected chi connectivity index (χ3v) is 13.7. The number of para-hydroxylation sites is 4. The van der Waals surface area contributed by atoms with Crippen LogP contribution in [0.15, 0.2) is 233 Å². The summed E-state index contributed by atoms with van der Waals surface area (Å²) in [6.45, 7) is 0. The van der Waals surface area contributed by atoms with Gasteiger partial charge < -0.3 is 18.0 Å². The molecule has 0 atom stereocenters. The fraction of sp³-hybridized carbons (Fsp3) is 0. The van der Waals surface area contributed by atoms with Crippen molar-refractivity contribution in [1.82, 2.24) is 9.13 Å². The molecule has 0 N–H and O–H groups in total. The van der Waals surface area contributed by atoms with Gasteiger partial charge in [-0.25, -0.2) is 0 Å². The van der Waals surface area contributed by atoms with Crippen LogP contribution in [0.4, 0.5) is 0 Å². The third kappa shape index (κ3) is 6.18. The van der Waals surface area contributed by atoms with Gasteiger partial charge in [-0.3, -0.25) is 0 Å². The van der Waals surface area contributed by atoms with E-state index in [4.69, 9.17) is 8.83 Å². The van der Waals surface area contributed by atoms with Crippen LogP contribution in [-0.2, 0) is 0 Å². The fourth-order valence-corrected chi connectivity index (χ4v) is 10.6. The molecule has 0 bridgehead atoms. The Morgan fingerprint density at radius 2 is 0.723 bits per heavy atom. The zero-order valence-corrected chi connectivity index (χ0v) is 37.1. The summed E-state index contributed by atoms with van der Waals surface area (Å²) >= 11 is 2.40. The summed E-state index contributed by atoms with van der Waals surface area (Å²) in [6, 6.07) is 79.5. The van der Waals surface area contributed by atoms with Gasteiger partial charge in [0.15, 0.2) is 0 Å². The molecule has 0 amide bonds. The van der Waals surface area contributed by atoms with Crippen LogP contribution in [0, 0.1) is 3.57 Å². The van der Waals surface area contributed by atoms with Crippen molar-refractivity contribution in [2.75, 3.05) is 0 Å². The zero-order chi connectivity index (χ0) is 43.0. The maximum atomic E-state index is 6.18. The molecule has 4 aromatic heterocycles. The summed E-state index contributed by atoms with van der Waals surface area (Å²) in [5.74, 6) is 0. The second-order valence-electron chi connectivity index (χ2n) is 16.6. The van der Waals surface area contributed by atoms with Crippen LogP contribution in [0.2, 0.25) is 0 Å². The molecule has 0 spiro atoms. The van der Waals surface area contributed by atoms with Crippen LogP contribution in [0.3, 0.4) is 0 Å². The molecule has 0 aliphatic heterocycles. The lowest BCUT2D eigenvalue weighted by Crippen LogP contribution is -1.94. The first kappa shape index (κ1) is 37.7. The Labute approximate surface area is 387 Å². The number of rotatable bonds is 4. The molecular weight excluding hydrogens is 908 g/mol. The van der Waals surface area contributed by atoms with Crippen molar-refractivity contribution in [2.45, 2.75) is 0 Å². The monoisotopic (exact) mass is 944 g/mol. The Hall–Kier alpha value is -7.87. The van der Waals surface area contributed by atoms with E-state index in [-0.39, 0.29) is 0 Å². The summed E-state index contributed by atoms with van der Waals surface area (Å²) in [7, 11) is 0. The molecular formula is C60H37IN2O2. The van der Waals surface area contributed by atoms with Crippen LogP contribution in [0.1, 0.15) is 0 Å². The van der Waals surface area contributed by atoms with Crippen LogP contribution in [0.25, 0.3) is 121 Å². The van der Waals surface area contributed by atoms with E-state index >= 15 is 0 Å². The molecule has 4 heterocycles. The Morgan fingerprint density at radius 3 is 1.32 bits per heavy atom. The van der Waals surface area contributed by atoms with Crippen LogP contribution >= 0.6 is 22.6 Å². The summed E-state index contributed by atoms with van der Waals surface area (Å²) < 4.78 is 18.1. The minimum Gasteiger partial charge on any atom is -0.456 e. The van der Waals surface area contributed by atoms with E-state index in [1.54, 1.807) is 0 Å². The normalized spacial score (nSPS) is 11.8. The molecule has 10 aromatic carbocycles. The van der Waals surface area contributed by atoms with Crippen LogP contribution in [0.5, 0.6) is 0 Å². The number of hydrogen-bond acceptors (Lipinski definition) is 2. The van der Waals surface area contributed by atoms with E-state index in [1.807, 2.05) is 24.3 Å². The van der Waals surface area contributed by atoms with Crippen molar-refractivity contribution in [3.63, 3.8) is 0 Å². The number of benzene rings is 10. The molecule has 14 aromatic rings. The van der Waals surface area contributed by atoms with Gasteiger partial charge in [-0.15, -0.1) is 0 Å². The van der Waals surface area contributed by atoms with Crippen molar-refractivity contribution in [3.8, 4) is 33.6 Å². The Bertz CT molecular complexity index is 4140. The summed E-state index contributed by atoms with van der Waals surface area (Å²) in [5, 5.41) is 9.65. The van der Waals surface area contributed by atoms with Gasteiger partial charge in [-0.2, -0.15) is 0 Å². The molecule has 4 nitrogen and oxygen atoms in total. The van der Waals surface area contributed by atoms with Crippen molar-refractivity contribution in [2.24, 2.45) is 0 Å². The molecule has 5 heteroatoms. The number of fused-ring (bicyclic) bond motifs is 12. The minimum absolute atomic E-state index is 0.919. The third-order valence-electron chi connectivity index (χ3n) is 12.9. The van der Waals surface area contributed by atoms with E-state index in [2.05, 4.69) is 232 Å².